The van der Waals surface area contributed by atoms with Crippen molar-refractivity contribution in [3.05, 3.63) is 35.6 Å². The molecule has 0 radical (unpaired) electrons. The lowest BCUT2D eigenvalue weighted by molar-refractivity contribution is -0.0702. The first-order valence-electron chi connectivity index (χ1n) is 6.74. The van der Waals surface area contributed by atoms with Crippen LogP contribution in [-0.2, 0) is 4.74 Å². The van der Waals surface area contributed by atoms with Crippen LogP contribution < -0.4 is 0 Å². The van der Waals surface area contributed by atoms with Gasteiger partial charge in [0.2, 0.25) is 0 Å². The Bertz CT molecular complexity index is 460. The van der Waals surface area contributed by atoms with E-state index in [4.69, 9.17) is 4.74 Å². The summed E-state index contributed by atoms with van der Waals surface area (Å²) in [7, 11) is 2.11. The Kier molecular flexibility index (Phi) is 3.37. The first kappa shape index (κ1) is 12.8. The zero-order chi connectivity index (χ0) is 13.4. The van der Waals surface area contributed by atoms with Crippen molar-refractivity contribution in [3.8, 4) is 0 Å². The van der Waals surface area contributed by atoms with Crippen LogP contribution in [-0.4, -0.2) is 43.0 Å². The number of hydrogen-bond donors (Lipinski definition) is 0. The third kappa shape index (κ3) is 2.42. The van der Waals surface area contributed by atoms with E-state index in [1.807, 2.05) is 0 Å². The van der Waals surface area contributed by atoms with Gasteiger partial charge < -0.3 is 4.74 Å². The van der Waals surface area contributed by atoms with Crippen molar-refractivity contribution in [3.63, 3.8) is 0 Å². The summed E-state index contributed by atoms with van der Waals surface area (Å²) in [6.07, 6.45) is 1.67. The predicted molar refractivity (Wildman–Crippen MR) is 69.6 cm³/mol. The van der Waals surface area contributed by atoms with E-state index in [0.717, 1.165) is 12.8 Å². The maximum absolute atomic E-state index is 12.9. The van der Waals surface area contributed by atoms with Gasteiger partial charge in [-0.25, -0.2) is 4.39 Å². The van der Waals surface area contributed by atoms with Gasteiger partial charge in [-0.3, -0.25) is 9.69 Å². The molecule has 2 atom stereocenters. The van der Waals surface area contributed by atoms with Crippen LogP contribution in [0.3, 0.4) is 0 Å². The Morgan fingerprint density at radius 3 is 2.37 bits per heavy atom. The van der Waals surface area contributed by atoms with Crippen LogP contribution in [0.25, 0.3) is 0 Å². The van der Waals surface area contributed by atoms with Crippen molar-refractivity contribution in [2.75, 3.05) is 20.3 Å². The van der Waals surface area contributed by atoms with E-state index in [2.05, 4.69) is 11.9 Å². The number of carbonyl (C=O) groups excluding carboxylic acids is 1. The summed E-state index contributed by atoms with van der Waals surface area (Å²) < 4.78 is 18.5. The second-order valence-electron chi connectivity index (χ2n) is 5.55. The first-order chi connectivity index (χ1) is 9.15. The van der Waals surface area contributed by atoms with E-state index in [0.29, 0.717) is 30.9 Å². The lowest BCUT2D eigenvalue weighted by atomic mass is 9.81. The van der Waals surface area contributed by atoms with Gasteiger partial charge in [-0.05, 0) is 44.2 Å². The Hall–Kier alpha value is -1.26. The number of hydrogen-bond acceptors (Lipinski definition) is 3. The third-order valence-electron chi connectivity index (χ3n) is 4.39. The van der Waals surface area contributed by atoms with Gasteiger partial charge in [0.25, 0.3) is 0 Å². The smallest absolute Gasteiger partial charge is 0.166 e. The van der Waals surface area contributed by atoms with Crippen LogP contribution in [0.2, 0.25) is 0 Å². The normalized spacial score (nSPS) is 31.2. The van der Waals surface area contributed by atoms with Gasteiger partial charge in [-0.1, -0.05) is 0 Å². The van der Waals surface area contributed by atoms with Crippen molar-refractivity contribution >= 4 is 5.78 Å². The predicted octanol–water partition coefficient (Wildman–Crippen LogP) is 2.12. The molecule has 4 heteroatoms. The second kappa shape index (κ2) is 5.02. The molecule has 2 saturated heterocycles. The van der Waals surface area contributed by atoms with Crippen LogP contribution in [0.5, 0.6) is 0 Å². The Labute approximate surface area is 112 Å². The fourth-order valence-corrected chi connectivity index (χ4v) is 3.16. The molecule has 19 heavy (non-hydrogen) atoms. The van der Waals surface area contributed by atoms with Gasteiger partial charge in [0.1, 0.15) is 5.82 Å². The number of benzene rings is 1. The van der Waals surface area contributed by atoms with E-state index in [9.17, 15) is 9.18 Å². The molecule has 0 aliphatic carbocycles. The highest BCUT2D eigenvalue weighted by Gasteiger charge is 2.39. The minimum atomic E-state index is -0.301. The lowest BCUT2D eigenvalue weighted by Crippen LogP contribution is -2.55. The number of rotatable bonds is 2. The zero-order valence-electron chi connectivity index (χ0n) is 11.0. The molecule has 2 aliphatic heterocycles. The molecule has 0 spiro atoms. The minimum absolute atomic E-state index is 0.0422. The van der Waals surface area contributed by atoms with Crippen molar-refractivity contribution in [2.45, 2.75) is 24.9 Å². The fourth-order valence-electron chi connectivity index (χ4n) is 3.16. The van der Waals surface area contributed by atoms with Gasteiger partial charge in [0.15, 0.2) is 5.78 Å². The molecule has 2 aliphatic rings. The summed E-state index contributed by atoms with van der Waals surface area (Å²) >= 11 is 0. The van der Waals surface area contributed by atoms with Gasteiger partial charge in [0, 0.05) is 23.6 Å². The van der Waals surface area contributed by atoms with E-state index >= 15 is 0 Å². The molecular weight excluding hydrogens is 245 g/mol. The average Bonchev–Trinajstić information content (AvgIpc) is 2.38. The SMILES string of the molecule is CN1C2COCC1CC(C(=O)c1ccc(F)cc1)C2. The molecule has 0 N–H and O–H groups in total. The first-order valence-corrected chi connectivity index (χ1v) is 6.74. The Morgan fingerprint density at radius 1 is 1.21 bits per heavy atom. The van der Waals surface area contributed by atoms with E-state index in [1.54, 1.807) is 12.1 Å². The van der Waals surface area contributed by atoms with Crippen molar-refractivity contribution in [1.29, 1.82) is 0 Å². The number of likely N-dealkylation sites (N-methyl/N-ethyl adjacent to an activating group) is 1. The summed E-state index contributed by atoms with van der Waals surface area (Å²) in [6, 6.07) is 6.55. The van der Waals surface area contributed by atoms with Crippen LogP contribution in [0, 0.1) is 11.7 Å². The number of carbonyl (C=O) groups is 1. The van der Waals surface area contributed by atoms with E-state index in [-0.39, 0.29) is 17.5 Å². The van der Waals surface area contributed by atoms with Gasteiger partial charge >= 0.3 is 0 Å². The van der Waals surface area contributed by atoms with Crippen LogP contribution in [0.1, 0.15) is 23.2 Å². The fraction of sp³-hybridized carbons (Fsp3) is 0.533. The number of halogens is 1. The number of nitrogens with zero attached hydrogens (tertiary/aromatic N) is 1. The molecule has 3 nitrogen and oxygen atoms in total. The summed E-state index contributed by atoms with van der Waals surface area (Å²) in [5.41, 5.74) is 0.620. The molecular formula is C15H18FNO2. The molecule has 0 amide bonds. The van der Waals surface area contributed by atoms with Gasteiger partial charge in [0.05, 0.1) is 13.2 Å². The number of ketones is 1. The van der Waals surface area contributed by atoms with Gasteiger partial charge in [-0.2, -0.15) is 0 Å². The average molecular weight is 263 g/mol. The van der Waals surface area contributed by atoms with Crippen molar-refractivity contribution in [2.24, 2.45) is 5.92 Å². The van der Waals surface area contributed by atoms with Crippen LogP contribution in [0.4, 0.5) is 4.39 Å². The number of fused-ring (bicyclic) bond motifs is 2. The standard InChI is InChI=1S/C15H18FNO2/c1-17-13-6-11(7-14(17)9-19-8-13)15(18)10-2-4-12(16)5-3-10/h2-5,11,13-14H,6-9H2,1H3. The van der Waals surface area contributed by atoms with E-state index in [1.165, 1.54) is 12.1 Å². The molecule has 0 aromatic heterocycles. The third-order valence-corrected chi connectivity index (χ3v) is 4.39. The summed E-state index contributed by atoms with van der Waals surface area (Å²) in [5, 5.41) is 0. The summed E-state index contributed by atoms with van der Waals surface area (Å²) in [6.45, 7) is 1.42. The molecule has 2 unspecified atom stereocenters. The molecule has 0 saturated carbocycles. The second-order valence-corrected chi connectivity index (χ2v) is 5.55. The van der Waals surface area contributed by atoms with E-state index < -0.39 is 0 Å². The number of piperidine rings is 1. The lowest BCUT2D eigenvalue weighted by Gasteiger charge is -2.46. The van der Waals surface area contributed by atoms with Crippen molar-refractivity contribution in [1.82, 2.24) is 4.90 Å². The van der Waals surface area contributed by atoms with Crippen molar-refractivity contribution < 1.29 is 13.9 Å². The maximum Gasteiger partial charge on any atom is 0.166 e. The number of ether oxygens (including phenoxy) is 1. The summed E-state index contributed by atoms with van der Waals surface area (Å²) in [5.74, 6) is -0.115. The molecule has 3 rings (SSSR count). The Balaban J connectivity index is 1.76. The molecule has 2 heterocycles. The summed E-state index contributed by atoms with van der Waals surface area (Å²) in [4.78, 5) is 14.8. The molecule has 2 fully saturated rings. The number of Topliss-reactive ketones (excluding diaryl/α,β-unsaturated/α-hetero) is 1. The highest BCUT2D eigenvalue weighted by Crippen LogP contribution is 2.32. The number of morpholine rings is 1. The zero-order valence-corrected chi connectivity index (χ0v) is 11.0. The van der Waals surface area contributed by atoms with Crippen LogP contribution in [0.15, 0.2) is 24.3 Å². The minimum Gasteiger partial charge on any atom is -0.378 e. The topological polar surface area (TPSA) is 29.5 Å². The molecule has 1 aromatic carbocycles. The van der Waals surface area contributed by atoms with Gasteiger partial charge in [-0.15, -0.1) is 0 Å². The molecule has 102 valence electrons. The monoisotopic (exact) mass is 263 g/mol. The highest BCUT2D eigenvalue weighted by atomic mass is 19.1. The highest BCUT2D eigenvalue weighted by molar-refractivity contribution is 5.97. The van der Waals surface area contributed by atoms with Crippen LogP contribution >= 0.6 is 0 Å². The molecule has 2 bridgehead atoms. The Morgan fingerprint density at radius 2 is 1.79 bits per heavy atom. The molecule has 1 aromatic rings. The maximum atomic E-state index is 12.9. The largest absolute Gasteiger partial charge is 0.378 e. The quantitative estimate of drug-likeness (QED) is 0.765.